The maximum absolute atomic E-state index is 12.7. The number of carbonyl (C=O) groups is 2. The molecular weight excluding hydrogens is 400 g/mol. The third-order valence-corrected chi connectivity index (χ3v) is 5.65. The highest BCUT2D eigenvalue weighted by Gasteiger charge is 2.26. The summed E-state index contributed by atoms with van der Waals surface area (Å²) in [6, 6.07) is 5.88. The topological polar surface area (TPSA) is 114 Å². The first-order chi connectivity index (χ1) is 14.7. The van der Waals surface area contributed by atoms with E-state index < -0.39 is 4.92 Å². The maximum atomic E-state index is 12.7. The number of anilines is 1. The van der Waals surface area contributed by atoms with E-state index in [0.717, 1.165) is 16.8 Å². The van der Waals surface area contributed by atoms with Gasteiger partial charge in [-0.3, -0.25) is 29.3 Å². The molecule has 0 atom stereocenters. The van der Waals surface area contributed by atoms with Crippen molar-refractivity contribution < 1.29 is 14.5 Å². The van der Waals surface area contributed by atoms with Gasteiger partial charge < -0.3 is 10.2 Å². The van der Waals surface area contributed by atoms with Crippen LogP contribution in [-0.4, -0.2) is 69.0 Å². The summed E-state index contributed by atoms with van der Waals surface area (Å²) in [7, 11) is 0. The van der Waals surface area contributed by atoms with Gasteiger partial charge in [0.2, 0.25) is 11.8 Å². The first-order valence-electron chi connectivity index (χ1n) is 10.2. The minimum atomic E-state index is -0.471. The number of benzene rings is 1. The molecule has 10 heteroatoms. The van der Waals surface area contributed by atoms with E-state index in [2.05, 4.69) is 10.4 Å². The predicted molar refractivity (Wildman–Crippen MR) is 116 cm³/mol. The molecule has 1 fully saturated rings. The molecule has 0 bridgehead atoms. The lowest BCUT2D eigenvalue weighted by atomic mass is 10.1. The van der Waals surface area contributed by atoms with E-state index in [1.165, 1.54) is 4.68 Å². The second-order valence-corrected chi connectivity index (χ2v) is 7.91. The second kappa shape index (κ2) is 9.25. The van der Waals surface area contributed by atoms with Gasteiger partial charge in [0.15, 0.2) is 0 Å². The standard InChI is InChI=1S/C21H28N6O4/c1-14-6-5-7-15(2)20(14)22-18(28)12-24-8-10-25(11-9-24)19(29)13-26-17(4)21(27(30)31)16(3)23-26/h5-7H,8-13H2,1-4H3,(H,22,28). The summed E-state index contributed by atoms with van der Waals surface area (Å²) < 4.78 is 1.39. The van der Waals surface area contributed by atoms with Crippen molar-refractivity contribution in [3.63, 3.8) is 0 Å². The van der Waals surface area contributed by atoms with Gasteiger partial charge in [-0.05, 0) is 38.8 Å². The summed E-state index contributed by atoms with van der Waals surface area (Å²) in [5, 5.41) is 18.3. The number of para-hydroxylation sites is 1. The van der Waals surface area contributed by atoms with Crippen LogP contribution in [0.4, 0.5) is 11.4 Å². The lowest BCUT2D eigenvalue weighted by Gasteiger charge is -2.34. The summed E-state index contributed by atoms with van der Waals surface area (Å²) in [6.07, 6.45) is 0. The molecule has 2 aromatic rings. The van der Waals surface area contributed by atoms with E-state index in [0.29, 0.717) is 37.6 Å². The SMILES string of the molecule is Cc1cccc(C)c1NC(=O)CN1CCN(C(=O)Cn2nc(C)c([N+](=O)[O-])c2C)CC1. The van der Waals surface area contributed by atoms with Crippen molar-refractivity contribution in [3.05, 3.63) is 50.8 Å². The first-order valence-corrected chi connectivity index (χ1v) is 10.2. The van der Waals surface area contributed by atoms with Crippen LogP contribution in [-0.2, 0) is 16.1 Å². The zero-order valence-electron chi connectivity index (χ0n) is 18.3. The molecule has 2 heterocycles. The van der Waals surface area contributed by atoms with Crippen LogP contribution < -0.4 is 5.32 Å². The molecule has 0 radical (unpaired) electrons. The summed E-state index contributed by atoms with van der Waals surface area (Å²) in [4.78, 5) is 39.5. The number of aryl methyl sites for hydroxylation is 3. The average molecular weight is 428 g/mol. The Balaban J connectivity index is 1.51. The van der Waals surface area contributed by atoms with Crippen molar-refractivity contribution in [3.8, 4) is 0 Å². The van der Waals surface area contributed by atoms with Crippen molar-refractivity contribution in [2.45, 2.75) is 34.2 Å². The van der Waals surface area contributed by atoms with Crippen molar-refractivity contribution in [1.29, 1.82) is 0 Å². The van der Waals surface area contributed by atoms with Gasteiger partial charge in [0, 0.05) is 31.9 Å². The summed E-state index contributed by atoms with van der Waals surface area (Å²) in [5.41, 5.74) is 3.52. The van der Waals surface area contributed by atoms with Gasteiger partial charge >= 0.3 is 5.69 Å². The molecule has 166 valence electrons. The van der Waals surface area contributed by atoms with Crippen LogP contribution >= 0.6 is 0 Å². The van der Waals surface area contributed by atoms with Crippen LogP contribution in [0.2, 0.25) is 0 Å². The van der Waals surface area contributed by atoms with Crippen molar-refractivity contribution in [1.82, 2.24) is 19.6 Å². The Morgan fingerprint density at radius 1 is 1.06 bits per heavy atom. The fourth-order valence-corrected chi connectivity index (χ4v) is 3.88. The third-order valence-electron chi connectivity index (χ3n) is 5.65. The molecule has 1 saturated heterocycles. The van der Waals surface area contributed by atoms with Gasteiger partial charge in [-0.1, -0.05) is 18.2 Å². The van der Waals surface area contributed by atoms with Crippen LogP contribution in [0.15, 0.2) is 18.2 Å². The Kier molecular flexibility index (Phi) is 6.69. The smallest absolute Gasteiger partial charge is 0.312 e. The number of hydrogen-bond acceptors (Lipinski definition) is 6. The molecule has 2 amide bonds. The van der Waals surface area contributed by atoms with E-state index in [-0.39, 0.29) is 30.6 Å². The van der Waals surface area contributed by atoms with Gasteiger partial charge in [-0.25, -0.2) is 0 Å². The molecule has 1 aliphatic rings. The van der Waals surface area contributed by atoms with Gasteiger partial charge in [-0.2, -0.15) is 5.10 Å². The highest BCUT2D eigenvalue weighted by atomic mass is 16.6. The van der Waals surface area contributed by atoms with E-state index in [4.69, 9.17) is 0 Å². The lowest BCUT2D eigenvalue weighted by Crippen LogP contribution is -2.51. The van der Waals surface area contributed by atoms with Gasteiger partial charge in [0.05, 0.1) is 11.5 Å². The number of aromatic nitrogens is 2. The second-order valence-electron chi connectivity index (χ2n) is 7.91. The quantitative estimate of drug-likeness (QED) is 0.554. The number of nitro groups is 1. The molecule has 0 saturated carbocycles. The minimum absolute atomic E-state index is 0.0342. The fraction of sp³-hybridized carbons (Fsp3) is 0.476. The normalized spacial score (nSPS) is 14.5. The van der Waals surface area contributed by atoms with Crippen molar-refractivity contribution in [2.24, 2.45) is 0 Å². The molecule has 1 aliphatic heterocycles. The van der Waals surface area contributed by atoms with E-state index in [1.54, 1.807) is 18.7 Å². The Labute approximate surface area is 181 Å². The number of amides is 2. The number of piperazine rings is 1. The number of nitrogens with zero attached hydrogens (tertiary/aromatic N) is 5. The molecule has 0 spiro atoms. The lowest BCUT2D eigenvalue weighted by molar-refractivity contribution is -0.386. The third kappa shape index (κ3) is 5.08. The largest absolute Gasteiger partial charge is 0.339 e. The summed E-state index contributed by atoms with van der Waals surface area (Å²) in [5.74, 6) is -0.215. The molecule has 10 nitrogen and oxygen atoms in total. The minimum Gasteiger partial charge on any atom is -0.339 e. The van der Waals surface area contributed by atoms with E-state index in [9.17, 15) is 19.7 Å². The number of rotatable bonds is 6. The zero-order valence-corrected chi connectivity index (χ0v) is 18.3. The van der Waals surface area contributed by atoms with Crippen molar-refractivity contribution in [2.75, 3.05) is 38.0 Å². The summed E-state index contributed by atoms with van der Waals surface area (Å²) >= 11 is 0. The van der Waals surface area contributed by atoms with Crippen LogP contribution in [0.5, 0.6) is 0 Å². The Morgan fingerprint density at radius 2 is 1.68 bits per heavy atom. The molecule has 0 unspecified atom stereocenters. The van der Waals surface area contributed by atoms with E-state index >= 15 is 0 Å². The number of carbonyl (C=O) groups excluding carboxylic acids is 2. The Morgan fingerprint density at radius 3 is 2.23 bits per heavy atom. The van der Waals surface area contributed by atoms with Crippen LogP contribution in [0.1, 0.15) is 22.5 Å². The monoisotopic (exact) mass is 428 g/mol. The summed E-state index contributed by atoms with van der Waals surface area (Å²) in [6.45, 7) is 9.48. The molecule has 3 rings (SSSR count). The Bertz CT molecular complexity index is 987. The first kappa shape index (κ1) is 22.4. The van der Waals surface area contributed by atoms with Crippen LogP contribution in [0, 0.1) is 37.8 Å². The van der Waals surface area contributed by atoms with Crippen molar-refractivity contribution >= 4 is 23.2 Å². The molecule has 1 N–H and O–H groups in total. The Hall–Kier alpha value is -3.27. The molecule has 31 heavy (non-hydrogen) atoms. The highest BCUT2D eigenvalue weighted by Crippen LogP contribution is 2.22. The molecule has 1 aromatic carbocycles. The molecular formula is C21H28N6O4. The number of hydrogen-bond donors (Lipinski definition) is 1. The van der Waals surface area contributed by atoms with Crippen LogP contribution in [0.3, 0.4) is 0 Å². The maximum Gasteiger partial charge on any atom is 0.312 e. The average Bonchev–Trinajstić information content (AvgIpc) is 2.98. The fourth-order valence-electron chi connectivity index (χ4n) is 3.88. The van der Waals surface area contributed by atoms with E-state index in [1.807, 2.05) is 36.9 Å². The van der Waals surface area contributed by atoms with Gasteiger partial charge in [0.1, 0.15) is 17.9 Å². The number of nitrogens with one attached hydrogen (secondary N) is 1. The molecule has 0 aliphatic carbocycles. The zero-order chi connectivity index (χ0) is 22.7. The van der Waals surface area contributed by atoms with Gasteiger partial charge in [-0.15, -0.1) is 0 Å². The van der Waals surface area contributed by atoms with Crippen LogP contribution in [0.25, 0.3) is 0 Å². The predicted octanol–water partition coefficient (Wildman–Crippen LogP) is 1.81. The van der Waals surface area contributed by atoms with Gasteiger partial charge in [0.25, 0.3) is 0 Å². The molecule has 1 aromatic heterocycles. The highest BCUT2D eigenvalue weighted by molar-refractivity contribution is 5.93.